The third-order valence-corrected chi connectivity index (χ3v) is 2.77. The fourth-order valence-corrected chi connectivity index (χ4v) is 1.75. The highest BCUT2D eigenvalue weighted by molar-refractivity contribution is 5.81. The standard InChI is InChI=1S/C15H21N3O/c1-11(2)9-17-15(19)10-18(4)14-6-5-12(3)7-13(14)8-16/h5-7,11H,9-10H2,1-4H3,(H,17,19). The molecule has 0 spiro atoms. The van der Waals surface area contributed by atoms with E-state index < -0.39 is 0 Å². The lowest BCUT2D eigenvalue weighted by atomic mass is 10.1. The van der Waals surface area contributed by atoms with Crippen LogP contribution in [0.5, 0.6) is 0 Å². The molecule has 0 unspecified atom stereocenters. The summed E-state index contributed by atoms with van der Waals surface area (Å²) in [6, 6.07) is 7.82. The molecule has 0 bridgehead atoms. The van der Waals surface area contributed by atoms with E-state index in [2.05, 4.69) is 25.2 Å². The zero-order valence-corrected chi connectivity index (χ0v) is 12.0. The Hall–Kier alpha value is -2.02. The number of nitrogens with one attached hydrogen (secondary N) is 1. The van der Waals surface area contributed by atoms with Gasteiger partial charge in [-0.05, 0) is 30.5 Å². The molecule has 0 aromatic heterocycles. The fourth-order valence-electron chi connectivity index (χ4n) is 1.75. The van der Waals surface area contributed by atoms with Crippen LogP contribution < -0.4 is 10.2 Å². The van der Waals surface area contributed by atoms with E-state index in [9.17, 15) is 4.79 Å². The Morgan fingerprint density at radius 1 is 1.47 bits per heavy atom. The van der Waals surface area contributed by atoms with E-state index in [0.29, 0.717) is 18.0 Å². The van der Waals surface area contributed by atoms with Gasteiger partial charge in [-0.25, -0.2) is 0 Å². The summed E-state index contributed by atoms with van der Waals surface area (Å²) in [7, 11) is 1.82. The highest BCUT2D eigenvalue weighted by Crippen LogP contribution is 2.19. The van der Waals surface area contributed by atoms with Gasteiger partial charge in [0, 0.05) is 13.6 Å². The predicted octanol–water partition coefficient (Wildman–Crippen LogP) is 2.08. The highest BCUT2D eigenvalue weighted by Gasteiger charge is 2.11. The quantitative estimate of drug-likeness (QED) is 0.880. The first-order valence-corrected chi connectivity index (χ1v) is 6.42. The Labute approximate surface area is 115 Å². The third-order valence-electron chi connectivity index (χ3n) is 2.77. The van der Waals surface area contributed by atoms with Crippen LogP contribution >= 0.6 is 0 Å². The van der Waals surface area contributed by atoms with Crippen molar-refractivity contribution in [2.75, 3.05) is 25.0 Å². The Balaban J connectivity index is 2.71. The van der Waals surface area contributed by atoms with Gasteiger partial charge in [0.2, 0.25) is 5.91 Å². The number of carbonyl (C=O) groups is 1. The van der Waals surface area contributed by atoms with Crippen LogP contribution in [-0.2, 0) is 4.79 Å². The molecule has 0 aliphatic carbocycles. The number of hydrogen-bond acceptors (Lipinski definition) is 3. The maximum Gasteiger partial charge on any atom is 0.239 e. The topological polar surface area (TPSA) is 56.1 Å². The van der Waals surface area contributed by atoms with Gasteiger partial charge in [-0.2, -0.15) is 5.26 Å². The monoisotopic (exact) mass is 259 g/mol. The second-order valence-electron chi connectivity index (χ2n) is 5.19. The largest absolute Gasteiger partial charge is 0.364 e. The lowest BCUT2D eigenvalue weighted by Crippen LogP contribution is -2.37. The summed E-state index contributed by atoms with van der Waals surface area (Å²) in [5, 5.41) is 12.0. The van der Waals surface area contributed by atoms with Gasteiger partial charge in [-0.15, -0.1) is 0 Å². The smallest absolute Gasteiger partial charge is 0.239 e. The molecule has 4 nitrogen and oxygen atoms in total. The van der Waals surface area contributed by atoms with Gasteiger partial charge in [-0.1, -0.05) is 19.9 Å². The van der Waals surface area contributed by atoms with E-state index in [1.165, 1.54) is 0 Å². The van der Waals surface area contributed by atoms with Gasteiger partial charge in [-0.3, -0.25) is 4.79 Å². The van der Waals surface area contributed by atoms with Crippen molar-refractivity contribution in [3.8, 4) is 6.07 Å². The van der Waals surface area contributed by atoms with Gasteiger partial charge >= 0.3 is 0 Å². The Bertz CT molecular complexity index is 489. The van der Waals surface area contributed by atoms with Crippen LogP contribution in [0.4, 0.5) is 5.69 Å². The van der Waals surface area contributed by atoms with Crippen molar-refractivity contribution < 1.29 is 4.79 Å². The van der Waals surface area contributed by atoms with Crippen LogP contribution in [-0.4, -0.2) is 26.0 Å². The van der Waals surface area contributed by atoms with Crippen molar-refractivity contribution in [1.29, 1.82) is 5.26 Å². The lowest BCUT2D eigenvalue weighted by molar-refractivity contribution is -0.119. The first kappa shape index (κ1) is 15.0. The second kappa shape index (κ2) is 6.79. The van der Waals surface area contributed by atoms with E-state index in [4.69, 9.17) is 5.26 Å². The molecule has 4 heteroatoms. The first-order valence-electron chi connectivity index (χ1n) is 6.42. The van der Waals surface area contributed by atoms with Crippen LogP contribution in [0.15, 0.2) is 18.2 Å². The van der Waals surface area contributed by atoms with Crippen LogP contribution in [0, 0.1) is 24.2 Å². The van der Waals surface area contributed by atoms with Crippen molar-refractivity contribution in [2.45, 2.75) is 20.8 Å². The van der Waals surface area contributed by atoms with Crippen LogP contribution in [0.25, 0.3) is 0 Å². The summed E-state index contributed by atoms with van der Waals surface area (Å²) in [5.74, 6) is 0.406. The number of nitriles is 1. The summed E-state index contributed by atoms with van der Waals surface area (Å²) in [6.45, 7) is 6.98. The van der Waals surface area contributed by atoms with Crippen molar-refractivity contribution in [3.63, 3.8) is 0 Å². The average Bonchev–Trinajstić information content (AvgIpc) is 2.35. The van der Waals surface area contributed by atoms with E-state index in [0.717, 1.165) is 11.3 Å². The van der Waals surface area contributed by atoms with Gasteiger partial charge in [0.25, 0.3) is 0 Å². The van der Waals surface area contributed by atoms with E-state index >= 15 is 0 Å². The minimum Gasteiger partial charge on any atom is -0.364 e. The number of aryl methyl sites for hydroxylation is 1. The SMILES string of the molecule is Cc1ccc(N(C)CC(=O)NCC(C)C)c(C#N)c1. The fraction of sp³-hybridized carbons (Fsp3) is 0.467. The number of amides is 1. The molecule has 0 saturated carbocycles. The molecule has 0 atom stereocenters. The highest BCUT2D eigenvalue weighted by atomic mass is 16.2. The summed E-state index contributed by atoms with van der Waals surface area (Å²) in [4.78, 5) is 13.6. The second-order valence-corrected chi connectivity index (χ2v) is 5.19. The van der Waals surface area contributed by atoms with Crippen LogP contribution in [0.3, 0.4) is 0 Å². The number of carbonyl (C=O) groups excluding carboxylic acids is 1. The van der Waals surface area contributed by atoms with Gasteiger partial charge < -0.3 is 10.2 Å². The molecular formula is C15H21N3O. The number of nitrogens with zero attached hydrogens (tertiary/aromatic N) is 2. The normalized spacial score (nSPS) is 10.1. The Kier molecular flexibility index (Phi) is 5.37. The molecule has 0 aliphatic rings. The van der Waals surface area contributed by atoms with Crippen molar-refractivity contribution >= 4 is 11.6 Å². The molecule has 1 aromatic carbocycles. The van der Waals surface area contributed by atoms with E-state index in [1.54, 1.807) is 4.90 Å². The number of hydrogen-bond donors (Lipinski definition) is 1. The molecule has 1 aromatic rings. The summed E-state index contributed by atoms with van der Waals surface area (Å²) < 4.78 is 0. The van der Waals surface area contributed by atoms with Gasteiger partial charge in [0.1, 0.15) is 6.07 Å². The maximum absolute atomic E-state index is 11.8. The zero-order valence-electron chi connectivity index (χ0n) is 12.0. The maximum atomic E-state index is 11.8. The summed E-state index contributed by atoms with van der Waals surface area (Å²) >= 11 is 0. The van der Waals surface area contributed by atoms with Crippen molar-refractivity contribution in [3.05, 3.63) is 29.3 Å². The van der Waals surface area contributed by atoms with Crippen LogP contribution in [0.2, 0.25) is 0 Å². The Morgan fingerprint density at radius 3 is 2.74 bits per heavy atom. The Morgan fingerprint density at radius 2 is 2.16 bits per heavy atom. The predicted molar refractivity (Wildman–Crippen MR) is 77.0 cm³/mol. The molecule has 1 amide bonds. The number of anilines is 1. The molecule has 102 valence electrons. The average molecular weight is 259 g/mol. The number of benzene rings is 1. The molecule has 0 radical (unpaired) electrons. The minimum absolute atomic E-state index is 0.0272. The molecule has 1 N–H and O–H groups in total. The molecular weight excluding hydrogens is 238 g/mol. The zero-order chi connectivity index (χ0) is 14.4. The lowest BCUT2D eigenvalue weighted by Gasteiger charge is -2.20. The van der Waals surface area contributed by atoms with E-state index in [-0.39, 0.29) is 12.5 Å². The van der Waals surface area contributed by atoms with E-state index in [1.807, 2.05) is 32.2 Å². The molecule has 0 fully saturated rings. The number of rotatable bonds is 5. The minimum atomic E-state index is -0.0272. The van der Waals surface area contributed by atoms with Gasteiger partial charge in [0.05, 0.1) is 17.8 Å². The van der Waals surface area contributed by atoms with Gasteiger partial charge in [0.15, 0.2) is 0 Å². The molecule has 19 heavy (non-hydrogen) atoms. The van der Waals surface area contributed by atoms with Crippen molar-refractivity contribution in [1.82, 2.24) is 5.32 Å². The summed E-state index contributed by atoms with van der Waals surface area (Å²) in [6.07, 6.45) is 0. The summed E-state index contributed by atoms with van der Waals surface area (Å²) in [5.41, 5.74) is 2.42. The third kappa shape index (κ3) is 4.63. The van der Waals surface area contributed by atoms with Crippen LogP contribution in [0.1, 0.15) is 25.0 Å². The van der Waals surface area contributed by atoms with Crippen molar-refractivity contribution in [2.24, 2.45) is 5.92 Å². The molecule has 1 rings (SSSR count). The molecule has 0 saturated heterocycles. The number of likely N-dealkylation sites (N-methyl/N-ethyl adjacent to an activating group) is 1. The first-order chi connectivity index (χ1) is 8.93. The molecule has 0 aliphatic heterocycles. The molecule has 0 heterocycles.